The summed E-state index contributed by atoms with van der Waals surface area (Å²) in [7, 11) is 3.99. The Labute approximate surface area is 111 Å². The van der Waals surface area contributed by atoms with Crippen LogP contribution in [0.5, 0.6) is 0 Å². The minimum absolute atomic E-state index is 0.0321. The van der Waals surface area contributed by atoms with Crippen molar-refractivity contribution in [3.8, 4) is 0 Å². The molecule has 0 aromatic carbocycles. The molecule has 1 amide bonds. The number of halogens is 3. The van der Waals surface area contributed by atoms with E-state index in [-0.39, 0.29) is 12.1 Å². The second-order valence-corrected chi connectivity index (χ2v) is 5.32. The highest BCUT2D eigenvalue weighted by atomic mass is 19.4. The summed E-state index contributed by atoms with van der Waals surface area (Å²) < 4.78 is 35.7. The molecule has 7 heteroatoms. The number of nitrogens with zero attached hydrogens (tertiary/aromatic N) is 1. The first kappa shape index (κ1) is 16.2. The zero-order chi connectivity index (χ0) is 14.5. The van der Waals surface area contributed by atoms with Gasteiger partial charge in [0, 0.05) is 12.1 Å². The Morgan fingerprint density at radius 3 is 2.32 bits per heavy atom. The Balaban J connectivity index is 2.27. The molecule has 2 N–H and O–H groups in total. The second kappa shape index (κ2) is 6.56. The summed E-state index contributed by atoms with van der Waals surface area (Å²) in [4.78, 5) is 13.4. The Morgan fingerprint density at radius 1 is 1.26 bits per heavy atom. The Bertz CT molecular complexity index is 299. The number of hydrogen-bond donors (Lipinski definition) is 2. The first-order valence-electron chi connectivity index (χ1n) is 6.47. The molecule has 0 radical (unpaired) electrons. The molecular weight excluding hydrogens is 259 g/mol. The smallest absolute Gasteiger partial charge is 0.346 e. The molecule has 1 rings (SSSR count). The highest BCUT2D eigenvalue weighted by Gasteiger charge is 2.35. The van der Waals surface area contributed by atoms with Gasteiger partial charge in [-0.15, -0.1) is 0 Å². The second-order valence-electron chi connectivity index (χ2n) is 5.32. The number of hydrogen-bond acceptors (Lipinski definition) is 3. The van der Waals surface area contributed by atoms with Crippen molar-refractivity contribution >= 4 is 5.91 Å². The van der Waals surface area contributed by atoms with Crippen LogP contribution in [0, 0.1) is 0 Å². The first-order chi connectivity index (χ1) is 8.75. The third-order valence-electron chi connectivity index (χ3n) is 3.71. The largest absolute Gasteiger partial charge is 0.405 e. The molecular formula is C12H22F3N3O. The topological polar surface area (TPSA) is 44.4 Å². The molecule has 0 atom stereocenters. The molecule has 4 nitrogen and oxygen atoms in total. The van der Waals surface area contributed by atoms with Gasteiger partial charge in [0.05, 0.1) is 6.54 Å². The lowest BCUT2D eigenvalue weighted by molar-refractivity contribution is -0.137. The van der Waals surface area contributed by atoms with Crippen LogP contribution in [-0.4, -0.2) is 56.3 Å². The minimum atomic E-state index is -4.36. The van der Waals surface area contributed by atoms with Crippen LogP contribution in [0.4, 0.5) is 13.2 Å². The van der Waals surface area contributed by atoms with Crippen LogP contribution in [0.25, 0.3) is 0 Å². The van der Waals surface area contributed by atoms with Crippen LogP contribution >= 0.6 is 0 Å². The zero-order valence-electron chi connectivity index (χ0n) is 11.4. The molecule has 0 saturated heterocycles. The van der Waals surface area contributed by atoms with E-state index in [4.69, 9.17) is 0 Å². The van der Waals surface area contributed by atoms with Crippen LogP contribution in [0.15, 0.2) is 0 Å². The molecule has 0 aromatic heterocycles. The summed E-state index contributed by atoms with van der Waals surface area (Å²) in [5.41, 5.74) is 0.0321. The number of rotatable bonds is 6. The van der Waals surface area contributed by atoms with Gasteiger partial charge in [0.25, 0.3) is 0 Å². The molecule has 1 aliphatic rings. The van der Waals surface area contributed by atoms with Gasteiger partial charge < -0.3 is 15.5 Å². The van der Waals surface area contributed by atoms with Crippen LogP contribution in [0.2, 0.25) is 0 Å². The summed E-state index contributed by atoms with van der Waals surface area (Å²) in [6.07, 6.45) is 0.0561. The number of amides is 1. The van der Waals surface area contributed by atoms with Crippen molar-refractivity contribution < 1.29 is 18.0 Å². The maximum absolute atomic E-state index is 11.9. The van der Waals surface area contributed by atoms with Gasteiger partial charge in [-0.25, -0.2) is 0 Å². The van der Waals surface area contributed by atoms with Gasteiger partial charge in [0.15, 0.2) is 0 Å². The fourth-order valence-corrected chi connectivity index (χ4v) is 2.49. The lowest BCUT2D eigenvalue weighted by Gasteiger charge is -2.36. The number of nitrogens with one attached hydrogen (secondary N) is 2. The lowest BCUT2D eigenvalue weighted by Crippen LogP contribution is -2.51. The van der Waals surface area contributed by atoms with E-state index >= 15 is 0 Å². The molecule has 0 unspecified atom stereocenters. The molecule has 1 fully saturated rings. The van der Waals surface area contributed by atoms with E-state index in [1.807, 2.05) is 19.4 Å². The highest BCUT2D eigenvalue weighted by molar-refractivity contribution is 5.78. The van der Waals surface area contributed by atoms with E-state index in [1.54, 1.807) is 0 Å². The van der Waals surface area contributed by atoms with Gasteiger partial charge >= 0.3 is 6.18 Å². The number of carbonyl (C=O) groups is 1. The standard InChI is InChI=1S/C12H22F3N3O/c1-18(2)11(5-3-4-6-11)8-16-7-10(19)17-9-12(13,14)15/h16H,3-9H2,1-2H3,(H,17,19). The molecule has 0 spiro atoms. The van der Waals surface area contributed by atoms with Crippen molar-refractivity contribution in [1.82, 2.24) is 15.5 Å². The van der Waals surface area contributed by atoms with E-state index in [0.29, 0.717) is 6.54 Å². The summed E-state index contributed by atoms with van der Waals surface area (Å²) in [5.74, 6) is -0.621. The van der Waals surface area contributed by atoms with E-state index in [1.165, 1.54) is 0 Å². The minimum Gasteiger partial charge on any atom is -0.346 e. The van der Waals surface area contributed by atoms with Crippen molar-refractivity contribution in [2.45, 2.75) is 37.4 Å². The van der Waals surface area contributed by atoms with Crippen LogP contribution in [-0.2, 0) is 4.79 Å². The van der Waals surface area contributed by atoms with Crippen LogP contribution in [0.3, 0.4) is 0 Å². The van der Waals surface area contributed by atoms with Gasteiger partial charge in [-0.05, 0) is 26.9 Å². The van der Waals surface area contributed by atoms with Crippen molar-refractivity contribution in [2.75, 3.05) is 33.7 Å². The first-order valence-corrected chi connectivity index (χ1v) is 6.47. The number of carbonyl (C=O) groups excluding carboxylic acids is 1. The third-order valence-corrected chi connectivity index (χ3v) is 3.71. The summed E-state index contributed by atoms with van der Waals surface area (Å²) in [6, 6.07) is 0. The van der Waals surface area contributed by atoms with Gasteiger partial charge in [0.1, 0.15) is 6.54 Å². The van der Waals surface area contributed by atoms with Gasteiger partial charge in [-0.3, -0.25) is 4.79 Å². The van der Waals surface area contributed by atoms with E-state index < -0.39 is 18.6 Å². The summed E-state index contributed by atoms with van der Waals surface area (Å²) in [5, 5.41) is 4.81. The van der Waals surface area contributed by atoms with E-state index in [9.17, 15) is 18.0 Å². The Morgan fingerprint density at radius 2 is 1.84 bits per heavy atom. The molecule has 112 valence electrons. The number of alkyl halides is 3. The van der Waals surface area contributed by atoms with Crippen molar-refractivity contribution in [1.29, 1.82) is 0 Å². The average molecular weight is 281 g/mol. The molecule has 19 heavy (non-hydrogen) atoms. The fourth-order valence-electron chi connectivity index (χ4n) is 2.49. The van der Waals surface area contributed by atoms with Crippen molar-refractivity contribution in [3.05, 3.63) is 0 Å². The SMILES string of the molecule is CN(C)C1(CNCC(=O)NCC(F)(F)F)CCCC1. The molecule has 0 aromatic rings. The molecule has 1 aliphatic carbocycles. The van der Waals surface area contributed by atoms with E-state index in [2.05, 4.69) is 10.2 Å². The highest BCUT2D eigenvalue weighted by Crippen LogP contribution is 2.32. The van der Waals surface area contributed by atoms with Gasteiger partial charge in [-0.2, -0.15) is 13.2 Å². The molecule has 0 bridgehead atoms. The van der Waals surface area contributed by atoms with E-state index in [0.717, 1.165) is 25.7 Å². The maximum atomic E-state index is 11.9. The summed E-state index contributed by atoms with van der Waals surface area (Å²) in [6.45, 7) is -0.725. The predicted octanol–water partition coefficient (Wildman–Crippen LogP) is 1.13. The van der Waals surface area contributed by atoms with Crippen molar-refractivity contribution in [2.24, 2.45) is 0 Å². The summed E-state index contributed by atoms with van der Waals surface area (Å²) >= 11 is 0. The van der Waals surface area contributed by atoms with Gasteiger partial charge in [-0.1, -0.05) is 12.8 Å². The predicted molar refractivity (Wildman–Crippen MR) is 66.8 cm³/mol. The zero-order valence-corrected chi connectivity index (χ0v) is 11.4. The third kappa shape index (κ3) is 5.36. The quantitative estimate of drug-likeness (QED) is 0.767. The molecule has 0 heterocycles. The van der Waals surface area contributed by atoms with Crippen molar-refractivity contribution in [3.63, 3.8) is 0 Å². The Kier molecular flexibility index (Phi) is 5.61. The average Bonchev–Trinajstić information content (AvgIpc) is 2.75. The monoisotopic (exact) mass is 281 g/mol. The van der Waals surface area contributed by atoms with Gasteiger partial charge in [0.2, 0.25) is 5.91 Å². The molecule has 1 saturated carbocycles. The number of likely N-dealkylation sites (N-methyl/N-ethyl adjacent to an activating group) is 1. The van der Waals surface area contributed by atoms with Crippen LogP contribution < -0.4 is 10.6 Å². The lowest BCUT2D eigenvalue weighted by atomic mass is 9.96. The van der Waals surface area contributed by atoms with Crippen LogP contribution in [0.1, 0.15) is 25.7 Å². The fraction of sp³-hybridized carbons (Fsp3) is 0.917. The molecule has 0 aliphatic heterocycles. The normalized spacial score (nSPS) is 18.8. The Hall–Kier alpha value is -0.820. The maximum Gasteiger partial charge on any atom is 0.405 e.